The molecule has 3 amide bonds. The van der Waals surface area contributed by atoms with Crippen LogP contribution in [0, 0.1) is 0 Å². The monoisotopic (exact) mass is 369 g/mol. The van der Waals surface area contributed by atoms with Gasteiger partial charge >= 0.3 is 0 Å². The lowest BCUT2D eigenvalue weighted by Gasteiger charge is -2.10. The molecule has 0 aliphatic carbocycles. The van der Waals surface area contributed by atoms with E-state index in [4.69, 9.17) is 5.73 Å². The molecule has 3 heterocycles. The second-order valence-electron chi connectivity index (χ2n) is 7.71. The molecule has 3 rings (SSSR count). The van der Waals surface area contributed by atoms with Crippen molar-refractivity contribution in [3.8, 4) is 0 Å². The SMILES string of the molecule is CC(NC(=O)CCCCCNC(=O)CCCCC1C2C3CS132)C(N)=O. The lowest BCUT2D eigenvalue weighted by molar-refractivity contribution is -0.127. The van der Waals surface area contributed by atoms with Crippen molar-refractivity contribution in [1.82, 2.24) is 10.6 Å². The van der Waals surface area contributed by atoms with E-state index in [0.717, 1.165) is 30.9 Å². The second kappa shape index (κ2) is 7.56. The first-order valence-electron chi connectivity index (χ1n) is 9.60. The number of rotatable bonds is 13. The highest BCUT2D eigenvalue weighted by atomic mass is 32.3. The van der Waals surface area contributed by atoms with Gasteiger partial charge in [0.15, 0.2) is 0 Å². The summed E-state index contributed by atoms with van der Waals surface area (Å²) in [6.45, 7) is 2.25. The van der Waals surface area contributed by atoms with E-state index in [2.05, 4.69) is 10.6 Å². The standard InChI is InChI=1S/C18H31N3O3S/c1-12(18(19)24)21-16(23)9-3-2-6-10-20-15(22)8-5-4-7-13-17-14-11-25(13,14)17/h12-14,17H,2-11H2,1H3,(H2,19,24)(H,20,22)(H,21,23). The molecule has 4 N–H and O–H groups in total. The van der Waals surface area contributed by atoms with Crippen LogP contribution in [0.15, 0.2) is 0 Å². The van der Waals surface area contributed by atoms with E-state index < -0.39 is 11.9 Å². The second-order valence-corrected chi connectivity index (χ2v) is 11.6. The number of nitrogens with one attached hydrogen (secondary N) is 2. The fourth-order valence-corrected chi connectivity index (χ4v) is 9.37. The molecule has 3 aliphatic heterocycles. The molecule has 7 heteroatoms. The molecule has 25 heavy (non-hydrogen) atoms. The Balaban J connectivity index is 1.08. The topological polar surface area (TPSA) is 101 Å². The molecule has 5 unspecified atom stereocenters. The number of nitrogens with two attached hydrogens (primary N) is 1. The lowest BCUT2D eigenvalue weighted by atomic mass is 10.1. The zero-order valence-corrected chi connectivity index (χ0v) is 15.9. The van der Waals surface area contributed by atoms with Crippen molar-refractivity contribution in [2.24, 2.45) is 5.73 Å². The van der Waals surface area contributed by atoms with E-state index in [1.54, 1.807) is 12.7 Å². The van der Waals surface area contributed by atoms with Crippen LogP contribution in [0.2, 0.25) is 0 Å². The van der Waals surface area contributed by atoms with Crippen LogP contribution < -0.4 is 16.4 Å². The summed E-state index contributed by atoms with van der Waals surface area (Å²) in [6.07, 6.45) is 7.16. The Morgan fingerprint density at radius 2 is 1.76 bits per heavy atom. The maximum Gasteiger partial charge on any atom is 0.239 e. The average molecular weight is 370 g/mol. The molecular weight excluding hydrogens is 338 g/mol. The highest BCUT2D eigenvalue weighted by molar-refractivity contribution is 8.54. The van der Waals surface area contributed by atoms with E-state index in [9.17, 15) is 14.4 Å². The fraction of sp³-hybridized carbons (Fsp3) is 0.833. The van der Waals surface area contributed by atoms with Crippen molar-refractivity contribution in [1.29, 1.82) is 0 Å². The smallest absolute Gasteiger partial charge is 0.239 e. The molecule has 0 bridgehead atoms. The van der Waals surface area contributed by atoms with Gasteiger partial charge in [-0.15, -0.1) is 0 Å². The van der Waals surface area contributed by atoms with Crippen LogP contribution in [0.25, 0.3) is 0 Å². The first-order valence-corrected chi connectivity index (χ1v) is 11.6. The van der Waals surface area contributed by atoms with Crippen LogP contribution in [-0.2, 0) is 14.4 Å². The summed E-state index contributed by atoms with van der Waals surface area (Å²) in [6, 6.07) is -0.621. The van der Waals surface area contributed by atoms with Crippen LogP contribution in [0.4, 0.5) is 0 Å². The van der Waals surface area contributed by atoms with Gasteiger partial charge in [-0.25, -0.2) is 10.0 Å². The summed E-state index contributed by atoms with van der Waals surface area (Å²) in [7, 11) is 0.0829. The number of hydrogen-bond acceptors (Lipinski definition) is 3. The van der Waals surface area contributed by atoms with Gasteiger partial charge in [0.1, 0.15) is 6.04 Å². The summed E-state index contributed by atoms with van der Waals surface area (Å²) in [5.74, 6) is 1.07. The zero-order valence-electron chi connectivity index (χ0n) is 15.1. The molecule has 0 aromatic carbocycles. The molecule has 3 saturated heterocycles. The minimum absolute atomic E-state index is 0.0829. The minimum Gasteiger partial charge on any atom is -0.368 e. The molecule has 1 spiro atoms. The number of carbonyl (C=O) groups excluding carboxylic acids is 3. The average Bonchev–Trinajstić information content (AvgIpc) is 3.47. The molecule has 0 radical (unpaired) electrons. The summed E-state index contributed by atoms with van der Waals surface area (Å²) in [5, 5.41) is 9.05. The minimum atomic E-state index is -0.621. The van der Waals surface area contributed by atoms with Gasteiger partial charge < -0.3 is 16.4 Å². The molecule has 0 saturated carbocycles. The highest BCUT2D eigenvalue weighted by Crippen LogP contribution is 3.09. The molecule has 142 valence electrons. The number of hydrogen-bond donors (Lipinski definition) is 3. The van der Waals surface area contributed by atoms with Crippen LogP contribution >= 0.6 is 10.0 Å². The molecule has 0 aromatic rings. The molecular formula is C18H31N3O3S. The quantitative estimate of drug-likeness (QED) is 0.335. The Bertz CT molecular complexity index is 556. The van der Waals surface area contributed by atoms with Crippen molar-refractivity contribution in [3.05, 3.63) is 0 Å². The van der Waals surface area contributed by atoms with E-state index in [-0.39, 0.29) is 21.8 Å². The normalized spacial score (nSPS) is 33.9. The van der Waals surface area contributed by atoms with Crippen molar-refractivity contribution < 1.29 is 14.4 Å². The largest absolute Gasteiger partial charge is 0.368 e. The third kappa shape index (κ3) is 4.30. The van der Waals surface area contributed by atoms with Gasteiger partial charge in [0.2, 0.25) is 17.7 Å². The van der Waals surface area contributed by atoms with Crippen LogP contribution in [0.1, 0.15) is 58.3 Å². The first-order chi connectivity index (χ1) is 12.0. The van der Waals surface area contributed by atoms with Gasteiger partial charge in [-0.2, -0.15) is 0 Å². The Kier molecular flexibility index (Phi) is 5.61. The Morgan fingerprint density at radius 1 is 1.08 bits per heavy atom. The van der Waals surface area contributed by atoms with E-state index in [1.807, 2.05) is 0 Å². The Morgan fingerprint density at radius 3 is 2.40 bits per heavy atom. The van der Waals surface area contributed by atoms with Crippen LogP contribution in [-0.4, -0.2) is 51.8 Å². The summed E-state index contributed by atoms with van der Waals surface area (Å²) >= 11 is 0. The van der Waals surface area contributed by atoms with E-state index in [1.165, 1.54) is 23.3 Å². The van der Waals surface area contributed by atoms with Crippen LogP contribution in [0.5, 0.6) is 0 Å². The number of amides is 3. The van der Waals surface area contributed by atoms with E-state index in [0.29, 0.717) is 19.4 Å². The van der Waals surface area contributed by atoms with Gasteiger partial charge in [-0.05, 0) is 38.4 Å². The number of carbonyl (C=O) groups is 3. The van der Waals surface area contributed by atoms with Crippen LogP contribution in [0.3, 0.4) is 0 Å². The third-order valence-corrected chi connectivity index (χ3v) is 10.7. The molecule has 0 aromatic heterocycles. The number of unbranched alkanes of at least 4 members (excludes halogenated alkanes) is 3. The van der Waals surface area contributed by atoms with Crippen molar-refractivity contribution >= 4 is 27.7 Å². The predicted octanol–water partition coefficient (Wildman–Crippen LogP) is 1.16. The number of fused-ring (bicyclic) bond motifs is 1. The molecule has 6 nitrogen and oxygen atoms in total. The van der Waals surface area contributed by atoms with Crippen molar-refractivity contribution in [2.75, 3.05) is 12.3 Å². The maximum absolute atomic E-state index is 11.8. The van der Waals surface area contributed by atoms with Crippen molar-refractivity contribution in [3.63, 3.8) is 0 Å². The van der Waals surface area contributed by atoms with Crippen molar-refractivity contribution in [2.45, 2.75) is 80.1 Å². The highest BCUT2D eigenvalue weighted by Gasteiger charge is 2.93. The predicted molar refractivity (Wildman–Crippen MR) is 101 cm³/mol. The van der Waals surface area contributed by atoms with Gasteiger partial charge in [0.05, 0.1) is 0 Å². The number of primary amides is 1. The first kappa shape index (κ1) is 18.5. The maximum atomic E-state index is 11.8. The Labute approximate surface area is 151 Å². The Hall–Kier alpha value is -1.24. The van der Waals surface area contributed by atoms with E-state index >= 15 is 0 Å². The molecule has 5 atom stereocenters. The van der Waals surface area contributed by atoms with Gasteiger partial charge in [-0.1, -0.05) is 12.8 Å². The molecule has 3 aliphatic rings. The summed E-state index contributed by atoms with van der Waals surface area (Å²) < 4.78 is 0. The summed E-state index contributed by atoms with van der Waals surface area (Å²) in [4.78, 5) is 34.2. The fourth-order valence-electron chi connectivity index (χ4n) is 4.03. The zero-order chi connectivity index (χ0) is 18.0. The van der Waals surface area contributed by atoms with Gasteiger partial charge in [-0.3, -0.25) is 14.4 Å². The van der Waals surface area contributed by atoms with Gasteiger partial charge in [0.25, 0.3) is 0 Å². The lowest BCUT2D eigenvalue weighted by Crippen LogP contribution is -2.42. The molecule has 3 fully saturated rings. The third-order valence-electron chi connectivity index (χ3n) is 5.90. The summed E-state index contributed by atoms with van der Waals surface area (Å²) in [5.41, 5.74) is 5.09. The van der Waals surface area contributed by atoms with Gasteiger partial charge in [0, 0.05) is 35.1 Å².